The SMILES string of the molecule is CCCCCCCCOc1cnc(-c2ccc(OC[C@@H](Cl)[C@@H](C)CC)cc2)cn1. The molecule has 0 saturated carbocycles. The van der Waals surface area contributed by atoms with Crippen molar-refractivity contribution in [3.8, 4) is 22.9 Å². The molecule has 160 valence electrons. The van der Waals surface area contributed by atoms with Gasteiger partial charge in [0, 0.05) is 5.56 Å². The fraction of sp³-hybridized carbons (Fsp3) is 0.583. The van der Waals surface area contributed by atoms with Crippen LogP contribution in [0.2, 0.25) is 0 Å². The van der Waals surface area contributed by atoms with Crippen molar-refractivity contribution in [1.29, 1.82) is 0 Å². The van der Waals surface area contributed by atoms with Gasteiger partial charge >= 0.3 is 0 Å². The van der Waals surface area contributed by atoms with E-state index >= 15 is 0 Å². The number of benzene rings is 1. The maximum absolute atomic E-state index is 6.34. The molecule has 0 N–H and O–H groups in total. The predicted molar refractivity (Wildman–Crippen MR) is 121 cm³/mol. The molecule has 1 aromatic heterocycles. The van der Waals surface area contributed by atoms with Crippen molar-refractivity contribution in [3.63, 3.8) is 0 Å². The van der Waals surface area contributed by atoms with E-state index in [1.165, 1.54) is 32.1 Å². The standard InChI is InChI=1S/C24H35ClN2O2/c1-4-6-7-8-9-10-15-28-24-17-26-23(16-27-24)20-11-13-21(14-12-20)29-18-22(25)19(3)5-2/h11-14,16-17,19,22H,4-10,15,18H2,1-3H3/t19-,22+/m0/s1. The molecule has 0 saturated heterocycles. The summed E-state index contributed by atoms with van der Waals surface area (Å²) < 4.78 is 11.5. The molecule has 2 rings (SSSR count). The number of aromatic nitrogens is 2. The second-order valence-electron chi connectivity index (χ2n) is 7.59. The van der Waals surface area contributed by atoms with Gasteiger partial charge in [-0.25, -0.2) is 9.97 Å². The maximum Gasteiger partial charge on any atom is 0.232 e. The number of rotatable bonds is 14. The largest absolute Gasteiger partial charge is 0.492 e. The van der Waals surface area contributed by atoms with Crippen molar-refractivity contribution in [1.82, 2.24) is 9.97 Å². The van der Waals surface area contributed by atoms with Gasteiger partial charge in [0.2, 0.25) is 5.88 Å². The van der Waals surface area contributed by atoms with Crippen LogP contribution in [0.25, 0.3) is 11.3 Å². The lowest BCUT2D eigenvalue weighted by Gasteiger charge is -2.16. The maximum atomic E-state index is 6.34. The number of nitrogens with zero attached hydrogens (tertiary/aromatic N) is 2. The lowest BCUT2D eigenvalue weighted by Crippen LogP contribution is -2.19. The van der Waals surface area contributed by atoms with Crippen molar-refractivity contribution < 1.29 is 9.47 Å². The zero-order valence-electron chi connectivity index (χ0n) is 18.1. The molecular weight excluding hydrogens is 384 g/mol. The Morgan fingerprint density at radius 1 is 0.897 bits per heavy atom. The molecule has 0 aliphatic rings. The fourth-order valence-electron chi connectivity index (χ4n) is 2.92. The normalized spacial score (nSPS) is 13.1. The van der Waals surface area contributed by atoms with E-state index in [2.05, 4.69) is 30.7 Å². The molecule has 0 aliphatic heterocycles. The van der Waals surface area contributed by atoms with E-state index in [-0.39, 0.29) is 5.38 Å². The Morgan fingerprint density at radius 3 is 2.28 bits per heavy atom. The molecule has 2 aromatic rings. The third-order valence-corrected chi connectivity index (χ3v) is 5.75. The van der Waals surface area contributed by atoms with Crippen molar-refractivity contribution in [3.05, 3.63) is 36.7 Å². The van der Waals surface area contributed by atoms with Crippen LogP contribution in [-0.2, 0) is 0 Å². The Balaban J connectivity index is 1.76. The number of alkyl halides is 1. The molecule has 1 aromatic carbocycles. The van der Waals surface area contributed by atoms with Gasteiger partial charge in [-0.15, -0.1) is 11.6 Å². The van der Waals surface area contributed by atoms with E-state index in [1.807, 2.05) is 24.3 Å². The Labute approximate surface area is 181 Å². The van der Waals surface area contributed by atoms with Gasteiger partial charge in [0.25, 0.3) is 0 Å². The highest BCUT2D eigenvalue weighted by molar-refractivity contribution is 6.20. The van der Waals surface area contributed by atoms with Crippen LogP contribution in [-0.4, -0.2) is 28.6 Å². The molecule has 0 spiro atoms. The van der Waals surface area contributed by atoms with Crippen LogP contribution in [0.5, 0.6) is 11.6 Å². The van der Waals surface area contributed by atoms with Crippen LogP contribution >= 0.6 is 11.6 Å². The van der Waals surface area contributed by atoms with Gasteiger partial charge in [0.15, 0.2) is 0 Å². The van der Waals surface area contributed by atoms with Crippen LogP contribution in [0.1, 0.15) is 65.7 Å². The molecule has 0 fully saturated rings. The monoisotopic (exact) mass is 418 g/mol. The summed E-state index contributed by atoms with van der Waals surface area (Å²) in [6, 6.07) is 7.87. The van der Waals surface area contributed by atoms with Crippen LogP contribution in [0, 0.1) is 5.92 Å². The van der Waals surface area contributed by atoms with Gasteiger partial charge in [-0.1, -0.05) is 59.3 Å². The van der Waals surface area contributed by atoms with Crippen LogP contribution in [0.4, 0.5) is 0 Å². The zero-order valence-corrected chi connectivity index (χ0v) is 18.8. The quantitative estimate of drug-likeness (QED) is 0.247. The molecule has 0 bridgehead atoms. The highest BCUT2D eigenvalue weighted by Crippen LogP contribution is 2.22. The first-order valence-corrected chi connectivity index (χ1v) is 11.4. The molecule has 29 heavy (non-hydrogen) atoms. The average molecular weight is 419 g/mol. The molecule has 5 heteroatoms. The Hall–Kier alpha value is -1.81. The molecule has 0 radical (unpaired) electrons. The second-order valence-corrected chi connectivity index (χ2v) is 8.15. The average Bonchev–Trinajstić information content (AvgIpc) is 2.77. The topological polar surface area (TPSA) is 44.2 Å². The molecule has 0 amide bonds. The Morgan fingerprint density at radius 2 is 1.62 bits per heavy atom. The van der Waals surface area contributed by atoms with Crippen LogP contribution in [0.15, 0.2) is 36.7 Å². The number of hydrogen-bond acceptors (Lipinski definition) is 4. The lowest BCUT2D eigenvalue weighted by molar-refractivity contribution is 0.286. The van der Waals surface area contributed by atoms with Crippen molar-refractivity contribution >= 4 is 11.6 Å². The van der Waals surface area contributed by atoms with E-state index in [1.54, 1.807) is 12.4 Å². The summed E-state index contributed by atoms with van der Waals surface area (Å²) in [5, 5.41) is 0.0226. The van der Waals surface area contributed by atoms with E-state index in [4.69, 9.17) is 21.1 Å². The third kappa shape index (κ3) is 8.61. The van der Waals surface area contributed by atoms with E-state index in [0.717, 1.165) is 29.8 Å². The fourth-order valence-corrected chi connectivity index (χ4v) is 3.16. The van der Waals surface area contributed by atoms with Crippen molar-refractivity contribution in [2.45, 2.75) is 71.1 Å². The summed E-state index contributed by atoms with van der Waals surface area (Å²) in [5.74, 6) is 1.84. The van der Waals surface area contributed by atoms with Crippen LogP contribution < -0.4 is 9.47 Å². The van der Waals surface area contributed by atoms with Crippen molar-refractivity contribution in [2.75, 3.05) is 13.2 Å². The van der Waals surface area contributed by atoms with Gasteiger partial charge in [0.1, 0.15) is 12.4 Å². The highest BCUT2D eigenvalue weighted by Gasteiger charge is 2.13. The summed E-state index contributed by atoms with van der Waals surface area (Å²) in [5.41, 5.74) is 1.81. The van der Waals surface area contributed by atoms with Crippen LogP contribution in [0.3, 0.4) is 0 Å². The molecule has 0 unspecified atom stereocenters. The van der Waals surface area contributed by atoms with Gasteiger partial charge in [-0.3, -0.25) is 0 Å². The smallest absolute Gasteiger partial charge is 0.232 e. The van der Waals surface area contributed by atoms with Gasteiger partial charge < -0.3 is 9.47 Å². The minimum Gasteiger partial charge on any atom is -0.492 e. The minimum absolute atomic E-state index is 0.0226. The Bertz CT molecular complexity index is 676. The van der Waals surface area contributed by atoms with Gasteiger partial charge in [0.05, 0.1) is 30.1 Å². The summed E-state index contributed by atoms with van der Waals surface area (Å²) in [6.45, 7) is 7.73. The summed E-state index contributed by atoms with van der Waals surface area (Å²) in [7, 11) is 0. The Kier molecular flexibility index (Phi) is 10.9. The summed E-state index contributed by atoms with van der Waals surface area (Å²) in [4.78, 5) is 8.86. The molecule has 0 aliphatic carbocycles. The molecule has 4 nitrogen and oxygen atoms in total. The second kappa shape index (κ2) is 13.4. The molecular formula is C24H35ClN2O2. The first-order valence-electron chi connectivity index (χ1n) is 11.0. The summed E-state index contributed by atoms with van der Waals surface area (Å²) >= 11 is 6.34. The zero-order chi connectivity index (χ0) is 20.9. The highest BCUT2D eigenvalue weighted by atomic mass is 35.5. The van der Waals surface area contributed by atoms with Gasteiger partial charge in [-0.05, 0) is 36.6 Å². The molecule has 2 atom stereocenters. The summed E-state index contributed by atoms with van der Waals surface area (Å²) in [6.07, 6.45) is 12.0. The predicted octanol–water partition coefficient (Wildman–Crippen LogP) is 6.92. The number of halogens is 1. The minimum atomic E-state index is 0.0226. The number of ether oxygens (including phenoxy) is 2. The third-order valence-electron chi connectivity index (χ3n) is 5.20. The first kappa shape index (κ1) is 23.5. The van der Waals surface area contributed by atoms with Gasteiger partial charge in [-0.2, -0.15) is 0 Å². The van der Waals surface area contributed by atoms with E-state index in [0.29, 0.717) is 25.0 Å². The first-order chi connectivity index (χ1) is 14.1. The lowest BCUT2D eigenvalue weighted by atomic mass is 10.1. The van der Waals surface area contributed by atoms with Crippen molar-refractivity contribution in [2.24, 2.45) is 5.92 Å². The number of hydrogen-bond donors (Lipinski definition) is 0. The van der Waals surface area contributed by atoms with E-state index < -0.39 is 0 Å². The van der Waals surface area contributed by atoms with E-state index in [9.17, 15) is 0 Å². The molecule has 1 heterocycles. The number of unbranched alkanes of at least 4 members (excludes halogenated alkanes) is 5.